The third-order valence-electron chi connectivity index (χ3n) is 6.37. The summed E-state index contributed by atoms with van der Waals surface area (Å²) < 4.78 is 49.5. The maximum Gasteiger partial charge on any atom is 0.416 e. The highest BCUT2D eigenvalue weighted by molar-refractivity contribution is 5.85. The van der Waals surface area contributed by atoms with Crippen molar-refractivity contribution in [2.24, 2.45) is 5.92 Å². The minimum atomic E-state index is -4.34. The molecule has 2 aromatic carbocycles. The highest BCUT2D eigenvalue weighted by Gasteiger charge is 2.30. The topological polar surface area (TPSA) is 66.9 Å². The second-order valence-corrected chi connectivity index (χ2v) is 8.80. The van der Waals surface area contributed by atoms with Crippen molar-refractivity contribution >= 4 is 16.7 Å². The molecular formula is C25H26F3N3O3. The van der Waals surface area contributed by atoms with Crippen LogP contribution in [-0.4, -0.2) is 36.6 Å². The lowest BCUT2D eigenvalue weighted by Crippen LogP contribution is -2.38. The molecule has 0 radical (unpaired) electrons. The minimum absolute atomic E-state index is 0.143. The second kappa shape index (κ2) is 9.31. The van der Waals surface area contributed by atoms with E-state index in [0.29, 0.717) is 24.6 Å². The van der Waals surface area contributed by atoms with Gasteiger partial charge >= 0.3 is 6.18 Å². The van der Waals surface area contributed by atoms with Crippen molar-refractivity contribution in [3.63, 3.8) is 0 Å². The molecule has 2 aliphatic heterocycles. The summed E-state index contributed by atoms with van der Waals surface area (Å²) in [6.07, 6.45) is -2.38. The van der Waals surface area contributed by atoms with E-state index >= 15 is 0 Å². The summed E-state index contributed by atoms with van der Waals surface area (Å²) in [5.41, 5.74) is 1.90. The summed E-state index contributed by atoms with van der Waals surface area (Å²) in [6, 6.07) is 11.1. The molecule has 0 amide bonds. The van der Waals surface area contributed by atoms with E-state index in [2.05, 4.69) is 16.3 Å². The Bertz CT molecular complexity index is 1170. The van der Waals surface area contributed by atoms with E-state index in [-0.39, 0.29) is 19.3 Å². The Morgan fingerprint density at radius 2 is 1.82 bits per heavy atom. The number of aliphatic hydroxyl groups is 1. The van der Waals surface area contributed by atoms with Crippen molar-refractivity contribution in [3.8, 4) is 11.5 Å². The monoisotopic (exact) mass is 473 g/mol. The third kappa shape index (κ3) is 4.76. The number of anilines is 1. The number of aliphatic hydroxyl groups excluding tert-OH is 1. The molecule has 2 N–H and O–H groups in total. The lowest BCUT2D eigenvalue weighted by Gasteiger charge is -2.34. The van der Waals surface area contributed by atoms with Crippen LogP contribution >= 0.6 is 0 Å². The number of nitrogens with zero attached hydrogens (tertiary/aromatic N) is 2. The molecule has 0 bridgehead atoms. The first-order chi connectivity index (χ1) is 16.4. The molecule has 180 valence electrons. The number of hydrogen-bond donors (Lipinski definition) is 2. The van der Waals surface area contributed by atoms with Crippen molar-refractivity contribution in [2.75, 3.05) is 31.4 Å². The highest BCUT2D eigenvalue weighted by atomic mass is 19.4. The minimum Gasteiger partial charge on any atom is -0.454 e. The molecule has 5 rings (SSSR count). The fourth-order valence-corrected chi connectivity index (χ4v) is 4.56. The number of benzene rings is 2. The van der Waals surface area contributed by atoms with Gasteiger partial charge in [0.1, 0.15) is 5.82 Å². The number of pyridine rings is 1. The number of halogens is 3. The number of rotatable bonds is 6. The SMILES string of the molecule is OCC1CCCN(c2nc3cc4c(cc3cc2CNCc2ccc(C(F)(F)F)cc2)OCO4)C1. The highest BCUT2D eigenvalue weighted by Crippen LogP contribution is 2.37. The molecule has 1 saturated heterocycles. The number of fused-ring (bicyclic) bond motifs is 2. The van der Waals surface area contributed by atoms with Crippen LogP contribution in [0.1, 0.15) is 29.5 Å². The molecule has 6 nitrogen and oxygen atoms in total. The van der Waals surface area contributed by atoms with Crippen LogP contribution < -0.4 is 19.7 Å². The Balaban J connectivity index is 1.39. The van der Waals surface area contributed by atoms with Crippen LogP contribution in [0, 0.1) is 5.92 Å². The Hall–Kier alpha value is -3.04. The van der Waals surface area contributed by atoms with E-state index < -0.39 is 11.7 Å². The summed E-state index contributed by atoms with van der Waals surface area (Å²) in [7, 11) is 0. The van der Waals surface area contributed by atoms with Gasteiger partial charge < -0.3 is 24.8 Å². The Morgan fingerprint density at radius 3 is 2.56 bits per heavy atom. The molecule has 1 fully saturated rings. The molecule has 1 unspecified atom stereocenters. The van der Waals surface area contributed by atoms with Crippen LogP contribution in [0.4, 0.5) is 19.0 Å². The van der Waals surface area contributed by atoms with E-state index in [1.165, 1.54) is 12.1 Å². The van der Waals surface area contributed by atoms with E-state index in [4.69, 9.17) is 14.5 Å². The number of hydrogen-bond acceptors (Lipinski definition) is 6. The van der Waals surface area contributed by atoms with E-state index in [9.17, 15) is 18.3 Å². The van der Waals surface area contributed by atoms with E-state index in [0.717, 1.165) is 65.9 Å². The number of nitrogens with one attached hydrogen (secondary N) is 1. The standard InChI is InChI=1S/C25H26F3N3O3/c26-25(27,28)20-5-3-16(4-6-20)11-29-12-19-8-18-9-22-23(34-15-33-22)10-21(18)30-24(19)31-7-1-2-17(13-31)14-32/h3-6,8-10,17,29,32H,1-2,7,11-15H2. The Labute approximate surface area is 195 Å². The fourth-order valence-electron chi connectivity index (χ4n) is 4.56. The van der Waals surface area contributed by atoms with Gasteiger partial charge in [0, 0.05) is 49.8 Å². The zero-order chi connectivity index (χ0) is 23.7. The number of alkyl halides is 3. The number of ether oxygens (including phenoxy) is 2. The molecule has 2 aliphatic rings. The molecular weight excluding hydrogens is 447 g/mol. The van der Waals surface area contributed by atoms with Gasteiger partial charge in [-0.3, -0.25) is 0 Å². The molecule has 0 spiro atoms. The molecule has 1 atom stereocenters. The van der Waals surface area contributed by atoms with Crippen LogP contribution in [0.2, 0.25) is 0 Å². The summed E-state index contributed by atoms with van der Waals surface area (Å²) in [6.45, 7) is 2.83. The van der Waals surface area contributed by atoms with Gasteiger partial charge in [0.2, 0.25) is 6.79 Å². The van der Waals surface area contributed by atoms with Crippen LogP contribution in [-0.2, 0) is 19.3 Å². The van der Waals surface area contributed by atoms with Gasteiger partial charge in [-0.2, -0.15) is 13.2 Å². The van der Waals surface area contributed by atoms with Gasteiger partial charge in [0.25, 0.3) is 0 Å². The summed E-state index contributed by atoms with van der Waals surface area (Å²) in [5.74, 6) is 2.41. The fraction of sp³-hybridized carbons (Fsp3) is 0.400. The van der Waals surface area contributed by atoms with Gasteiger partial charge in [0.15, 0.2) is 11.5 Å². The Morgan fingerprint density at radius 1 is 1.06 bits per heavy atom. The summed E-state index contributed by atoms with van der Waals surface area (Å²) in [4.78, 5) is 7.16. The average Bonchev–Trinajstić information content (AvgIpc) is 3.29. The largest absolute Gasteiger partial charge is 0.454 e. The van der Waals surface area contributed by atoms with Crippen LogP contribution in [0.15, 0.2) is 42.5 Å². The maximum absolute atomic E-state index is 12.8. The van der Waals surface area contributed by atoms with Crippen molar-refractivity contribution in [1.29, 1.82) is 0 Å². The quantitative estimate of drug-likeness (QED) is 0.550. The first-order valence-electron chi connectivity index (χ1n) is 11.4. The van der Waals surface area contributed by atoms with Crippen LogP contribution in [0.25, 0.3) is 10.9 Å². The molecule has 0 saturated carbocycles. The molecule has 9 heteroatoms. The molecule has 3 aromatic rings. The van der Waals surface area contributed by atoms with Crippen molar-refractivity contribution in [3.05, 3.63) is 59.2 Å². The first kappa shape index (κ1) is 22.7. The summed E-state index contributed by atoms with van der Waals surface area (Å²) >= 11 is 0. The predicted molar refractivity (Wildman–Crippen MR) is 122 cm³/mol. The Kier molecular flexibility index (Phi) is 6.22. The smallest absolute Gasteiger partial charge is 0.416 e. The first-order valence-corrected chi connectivity index (χ1v) is 11.4. The lowest BCUT2D eigenvalue weighted by atomic mass is 9.98. The van der Waals surface area contributed by atoms with Gasteiger partial charge in [-0.15, -0.1) is 0 Å². The normalized spacial score (nSPS) is 18.0. The maximum atomic E-state index is 12.8. The molecule has 1 aromatic heterocycles. The zero-order valence-electron chi connectivity index (χ0n) is 18.6. The van der Waals surface area contributed by atoms with E-state index in [1.807, 2.05) is 12.1 Å². The molecule has 3 heterocycles. The predicted octanol–water partition coefficient (Wildman–Crippen LogP) is 4.48. The number of piperidine rings is 1. The van der Waals surface area contributed by atoms with Crippen molar-refractivity contribution < 1.29 is 27.8 Å². The summed E-state index contributed by atoms with van der Waals surface area (Å²) in [5, 5.41) is 14.0. The van der Waals surface area contributed by atoms with Crippen LogP contribution in [0.3, 0.4) is 0 Å². The van der Waals surface area contributed by atoms with Gasteiger partial charge in [-0.1, -0.05) is 12.1 Å². The molecule has 34 heavy (non-hydrogen) atoms. The lowest BCUT2D eigenvalue weighted by molar-refractivity contribution is -0.137. The van der Waals surface area contributed by atoms with Crippen LogP contribution in [0.5, 0.6) is 11.5 Å². The molecule has 0 aliphatic carbocycles. The third-order valence-corrected chi connectivity index (χ3v) is 6.37. The second-order valence-electron chi connectivity index (χ2n) is 8.80. The van der Waals surface area contributed by atoms with Gasteiger partial charge in [-0.25, -0.2) is 4.98 Å². The van der Waals surface area contributed by atoms with Gasteiger partial charge in [0.05, 0.1) is 11.1 Å². The van der Waals surface area contributed by atoms with E-state index in [1.54, 1.807) is 0 Å². The van der Waals surface area contributed by atoms with Crippen molar-refractivity contribution in [2.45, 2.75) is 32.1 Å². The number of aromatic nitrogens is 1. The van der Waals surface area contributed by atoms with Crippen molar-refractivity contribution in [1.82, 2.24) is 10.3 Å². The van der Waals surface area contributed by atoms with Gasteiger partial charge in [-0.05, 0) is 48.6 Å². The zero-order valence-corrected chi connectivity index (χ0v) is 18.6. The average molecular weight is 473 g/mol.